The Morgan fingerprint density at radius 3 is 2.75 bits per heavy atom. The van der Waals surface area contributed by atoms with Gasteiger partial charge in [-0.3, -0.25) is 10.1 Å². The lowest BCUT2D eigenvalue weighted by Gasteiger charge is -2.08. The Hall–Kier alpha value is -1.77. The highest BCUT2D eigenvalue weighted by Crippen LogP contribution is 2.17. The van der Waals surface area contributed by atoms with Gasteiger partial charge in [-0.2, -0.15) is 5.10 Å². The first-order chi connectivity index (χ1) is 9.45. The van der Waals surface area contributed by atoms with Gasteiger partial charge in [-0.05, 0) is 25.5 Å². The number of aromatic amines is 1. The normalized spacial score (nSPS) is 11.8. The van der Waals surface area contributed by atoms with Crippen LogP contribution in [0, 0.1) is 13.8 Å². The lowest BCUT2D eigenvalue weighted by Crippen LogP contribution is -2.25. The van der Waals surface area contributed by atoms with Crippen molar-refractivity contribution in [1.82, 2.24) is 19.9 Å². The molecule has 0 spiro atoms. The van der Waals surface area contributed by atoms with E-state index in [1.54, 1.807) is 19.2 Å². The molecular formula is C12H16N4O3S. The molecule has 0 aliphatic heterocycles. The molecule has 0 amide bonds. The van der Waals surface area contributed by atoms with Crippen LogP contribution in [0.5, 0.6) is 0 Å². The summed E-state index contributed by atoms with van der Waals surface area (Å²) in [6, 6.07) is 3.65. The molecule has 0 atom stereocenters. The summed E-state index contributed by atoms with van der Waals surface area (Å²) in [5, 5.41) is 15.5. The standard InChI is InChI=1S/C12H16N4O3S/c1-8-4-3-5-13-10(8)6-14-20(18,19)12-9(2)15-16-11(12)7-17/h3-5,14,17H,6-7H2,1-2H3,(H,15,16). The van der Waals surface area contributed by atoms with Crippen molar-refractivity contribution in [3.63, 3.8) is 0 Å². The summed E-state index contributed by atoms with van der Waals surface area (Å²) in [7, 11) is -3.75. The van der Waals surface area contributed by atoms with E-state index >= 15 is 0 Å². The van der Waals surface area contributed by atoms with Gasteiger partial charge in [0.25, 0.3) is 0 Å². The molecule has 0 saturated heterocycles. The van der Waals surface area contributed by atoms with Gasteiger partial charge in [-0.25, -0.2) is 13.1 Å². The van der Waals surface area contributed by atoms with Crippen molar-refractivity contribution in [2.24, 2.45) is 0 Å². The Bertz CT molecular complexity index is 709. The van der Waals surface area contributed by atoms with E-state index in [4.69, 9.17) is 5.11 Å². The molecule has 0 saturated carbocycles. The van der Waals surface area contributed by atoms with Crippen LogP contribution in [0.25, 0.3) is 0 Å². The fraction of sp³-hybridized carbons (Fsp3) is 0.333. The topological polar surface area (TPSA) is 108 Å². The maximum Gasteiger partial charge on any atom is 0.244 e. The van der Waals surface area contributed by atoms with Crippen molar-refractivity contribution in [2.75, 3.05) is 0 Å². The van der Waals surface area contributed by atoms with Gasteiger partial charge in [-0.1, -0.05) is 6.07 Å². The number of rotatable bonds is 5. The lowest BCUT2D eigenvalue weighted by atomic mass is 10.2. The number of pyridine rings is 1. The zero-order valence-corrected chi connectivity index (χ0v) is 12.0. The highest BCUT2D eigenvalue weighted by Gasteiger charge is 2.23. The first-order valence-electron chi connectivity index (χ1n) is 6.00. The van der Waals surface area contributed by atoms with Crippen molar-refractivity contribution in [2.45, 2.75) is 31.9 Å². The van der Waals surface area contributed by atoms with Gasteiger partial charge < -0.3 is 5.11 Å². The first-order valence-corrected chi connectivity index (χ1v) is 7.49. The number of aliphatic hydroxyl groups excluding tert-OH is 1. The van der Waals surface area contributed by atoms with Crippen molar-refractivity contribution >= 4 is 10.0 Å². The quantitative estimate of drug-likeness (QED) is 0.740. The number of aliphatic hydroxyl groups is 1. The third-order valence-corrected chi connectivity index (χ3v) is 4.53. The fourth-order valence-electron chi connectivity index (χ4n) is 1.87. The summed E-state index contributed by atoms with van der Waals surface area (Å²) < 4.78 is 27.0. The third kappa shape index (κ3) is 2.87. The predicted octanol–water partition coefficient (Wildman–Crippen LogP) is 0.392. The molecule has 2 aromatic heterocycles. The van der Waals surface area contributed by atoms with Gasteiger partial charge in [0.05, 0.1) is 24.5 Å². The number of sulfonamides is 1. The summed E-state index contributed by atoms with van der Waals surface area (Å²) in [4.78, 5) is 4.12. The fourth-order valence-corrected chi connectivity index (χ4v) is 3.21. The van der Waals surface area contributed by atoms with E-state index in [-0.39, 0.29) is 17.1 Å². The molecular weight excluding hydrogens is 280 g/mol. The minimum atomic E-state index is -3.75. The van der Waals surface area contributed by atoms with E-state index in [1.165, 1.54) is 0 Å². The highest BCUT2D eigenvalue weighted by atomic mass is 32.2. The second-order valence-corrected chi connectivity index (χ2v) is 6.08. The number of nitrogens with zero attached hydrogens (tertiary/aromatic N) is 2. The molecule has 8 heteroatoms. The predicted molar refractivity (Wildman–Crippen MR) is 72.2 cm³/mol. The molecule has 0 unspecified atom stereocenters. The van der Waals surface area contributed by atoms with Crippen LogP contribution in [0.2, 0.25) is 0 Å². The Morgan fingerprint density at radius 2 is 2.10 bits per heavy atom. The smallest absolute Gasteiger partial charge is 0.244 e. The number of nitrogens with one attached hydrogen (secondary N) is 2. The van der Waals surface area contributed by atoms with Crippen molar-refractivity contribution in [1.29, 1.82) is 0 Å². The highest BCUT2D eigenvalue weighted by molar-refractivity contribution is 7.89. The van der Waals surface area contributed by atoms with Crippen LogP contribution in [0.3, 0.4) is 0 Å². The van der Waals surface area contributed by atoms with Crippen LogP contribution in [0.4, 0.5) is 0 Å². The largest absolute Gasteiger partial charge is 0.390 e. The summed E-state index contributed by atoms with van der Waals surface area (Å²) in [6.45, 7) is 3.10. The number of hydrogen-bond acceptors (Lipinski definition) is 5. The van der Waals surface area contributed by atoms with Gasteiger partial charge in [0.15, 0.2) is 0 Å². The van der Waals surface area contributed by atoms with E-state index in [0.717, 1.165) is 5.56 Å². The minimum absolute atomic E-state index is 0.00594. The van der Waals surface area contributed by atoms with E-state index in [1.807, 2.05) is 13.0 Å². The average Bonchev–Trinajstić information content (AvgIpc) is 2.80. The summed E-state index contributed by atoms with van der Waals surface area (Å²) >= 11 is 0. The van der Waals surface area contributed by atoms with Crippen LogP contribution >= 0.6 is 0 Å². The van der Waals surface area contributed by atoms with Crippen LogP contribution in [0.1, 0.15) is 22.6 Å². The second-order valence-electron chi connectivity index (χ2n) is 4.37. The molecule has 0 bridgehead atoms. The molecule has 2 aromatic rings. The number of hydrogen-bond donors (Lipinski definition) is 3. The van der Waals surface area contributed by atoms with Crippen LogP contribution in [0.15, 0.2) is 23.2 Å². The van der Waals surface area contributed by atoms with Gasteiger partial charge >= 0.3 is 0 Å². The van der Waals surface area contributed by atoms with Gasteiger partial charge in [-0.15, -0.1) is 0 Å². The summed E-state index contributed by atoms with van der Waals surface area (Å²) in [5.74, 6) is 0. The third-order valence-electron chi connectivity index (χ3n) is 2.93. The van der Waals surface area contributed by atoms with Gasteiger partial charge in [0.2, 0.25) is 10.0 Å². The Balaban J connectivity index is 2.24. The molecule has 0 aliphatic rings. The van der Waals surface area contributed by atoms with E-state index < -0.39 is 16.6 Å². The first kappa shape index (κ1) is 14.6. The zero-order chi connectivity index (χ0) is 14.8. The van der Waals surface area contributed by atoms with Gasteiger partial charge in [0, 0.05) is 6.20 Å². The molecule has 20 heavy (non-hydrogen) atoms. The summed E-state index contributed by atoms with van der Waals surface area (Å²) in [5.41, 5.74) is 2.05. The molecule has 7 nitrogen and oxygen atoms in total. The molecule has 108 valence electrons. The van der Waals surface area contributed by atoms with Crippen LogP contribution in [-0.2, 0) is 23.2 Å². The van der Waals surface area contributed by atoms with Crippen molar-refractivity contribution < 1.29 is 13.5 Å². The average molecular weight is 296 g/mol. The molecule has 0 aliphatic carbocycles. The maximum absolute atomic E-state index is 12.3. The SMILES string of the molecule is Cc1cccnc1CNS(=O)(=O)c1c(CO)n[nH]c1C. The number of aryl methyl sites for hydroxylation is 2. The number of H-pyrrole nitrogens is 1. The molecule has 2 heterocycles. The Labute approximate surface area is 117 Å². The van der Waals surface area contributed by atoms with E-state index in [9.17, 15) is 8.42 Å². The van der Waals surface area contributed by atoms with E-state index in [2.05, 4.69) is 19.9 Å². The van der Waals surface area contributed by atoms with E-state index in [0.29, 0.717) is 11.4 Å². The van der Waals surface area contributed by atoms with Crippen molar-refractivity contribution in [3.05, 3.63) is 41.0 Å². The molecule has 0 fully saturated rings. The lowest BCUT2D eigenvalue weighted by molar-refractivity contribution is 0.273. The second kappa shape index (κ2) is 5.70. The van der Waals surface area contributed by atoms with Crippen LogP contribution in [-0.4, -0.2) is 28.7 Å². The number of aromatic nitrogens is 3. The minimum Gasteiger partial charge on any atom is -0.390 e. The monoisotopic (exact) mass is 296 g/mol. The molecule has 0 radical (unpaired) electrons. The zero-order valence-electron chi connectivity index (χ0n) is 11.2. The van der Waals surface area contributed by atoms with Gasteiger partial charge in [0.1, 0.15) is 10.6 Å². The van der Waals surface area contributed by atoms with Crippen molar-refractivity contribution in [3.8, 4) is 0 Å². The molecule has 0 aromatic carbocycles. The maximum atomic E-state index is 12.3. The summed E-state index contributed by atoms with van der Waals surface area (Å²) in [6.07, 6.45) is 1.61. The Morgan fingerprint density at radius 1 is 1.35 bits per heavy atom. The van der Waals surface area contributed by atoms with Crippen LogP contribution < -0.4 is 4.72 Å². The molecule has 3 N–H and O–H groups in total. The Kier molecular flexibility index (Phi) is 4.17. The molecule has 2 rings (SSSR count).